The van der Waals surface area contributed by atoms with Crippen molar-refractivity contribution in [3.05, 3.63) is 22.6 Å². The molecule has 0 aromatic carbocycles. The summed E-state index contributed by atoms with van der Waals surface area (Å²) in [7, 11) is 3.52. The van der Waals surface area contributed by atoms with Crippen LogP contribution in [-0.4, -0.2) is 61.4 Å². The number of aromatic nitrogens is 2. The third-order valence-electron chi connectivity index (χ3n) is 3.02. The van der Waals surface area contributed by atoms with Crippen LogP contribution in [0.15, 0.2) is 17.1 Å². The molecule has 0 bridgehead atoms. The number of ether oxygens (including phenoxy) is 1. The van der Waals surface area contributed by atoms with Crippen molar-refractivity contribution in [1.82, 2.24) is 15.1 Å². The first-order valence-corrected chi connectivity index (χ1v) is 6.74. The van der Waals surface area contributed by atoms with Crippen molar-refractivity contribution in [2.75, 3.05) is 45.3 Å². The normalized spacial score (nSPS) is 12.4. The second kappa shape index (κ2) is 8.68. The molecule has 0 saturated heterocycles. The molecule has 0 aliphatic carbocycles. The van der Waals surface area contributed by atoms with Crippen molar-refractivity contribution in [2.45, 2.75) is 19.6 Å². The standard InChI is InChI=1S/C13H24N4O3/c1-4-16(2)11-7-13(19)17(15-8-11)10-12(18)9-14-5-6-20-3/h7-8,12,14,18H,4-6,9-10H2,1-3H3. The molecule has 1 aromatic heterocycles. The molecule has 0 saturated carbocycles. The van der Waals surface area contributed by atoms with Gasteiger partial charge in [0.25, 0.3) is 5.56 Å². The number of aliphatic hydroxyl groups is 1. The molecule has 2 N–H and O–H groups in total. The van der Waals surface area contributed by atoms with E-state index in [1.165, 1.54) is 10.7 Å². The van der Waals surface area contributed by atoms with Gasteiger partial charge in [0.05, 0.1) is 31.1 Å². The molecule has 0 amide bonds. The summed E-state index contributed by atoms with van der Waals surface area (Å²) in [5.41, 5.74) is 0.570. The minimum absolute atomic E-state index is 0.176. The lowest BCUT2D eigenvalue weighted by Gasteiger charge is -2.17. The molecule has 1 atom stereocenters. The zero-order valence-corrected chi connectivity index (χ0v) is 12.4. The lowest BCUT2D eigenvalue weighted by atomic mass is 10.3. The summed E-state index contributed by atoms with van der Waals surface area (Å²) in [6.07, 6.45) is 0.975. The van der Waals surface area contributed by atoms with Crippen LogP contribution in [0.2, 0.25) is 0 Å². The zero-order chi connectivity index (χ0) is 15.0. The summed E-state index contributed by atoms with van der Waals surface area (Å²) >= 11 is 0. The SMILES string of the molecule is CCN(C)c1cnn(CC(O)CNCCOC)c(=O)c1. The average molecular weight is 284 g/mol. The van der Waals surface area contributed by atoms with E-state index < -0.39 is 6.10 Å². The molecule has 20 heavy (non-hydrogen) atoms. The van der Waals surface area contributed by atoms with E-state index in [1.54, 1.807) is 13.3 Å². The minimum Gasteiger partial charge on any atom is -0.390 e. The highest BCUT2D eigenvalue weighted by atomic mass is 16.5. The third-order valence-corrected chi connectivity index (χ3v) is 3.02. The molecular formula is C13H24N4O3. The van der Waals surface area contributed by atoms with Gasteiger partial charge in [-0.2, -0.15) is 5.10 Å². The van der Waals surface area contributed by atoms with Gasteiger partial charge in [-0.25, -0.2) is 4.68 Å². The Morgan fingerprint density at radius 2 is 2.35 bits per heavy atom. The smallest absolute Gasteiger partial charge is 0.268 e. The largest absolute Gasteiger partial charge is 0.390 e. The first-order chi connectivity index (χ1) is 9.58. The third kappa shape index (κ3) is 5.28. The number of rotatable bonds is 9. The van der Waals surface area contributed by atoms with Crippen LogP contribution in [0.3, 0.4) is 0 Å². The number of hydrogen-bond acceptors (Lipinski definition) is 6. The molecule has 0 aliphatic rings. The Balaban J connectivity index is 2.53. The molecule has 1 rings (SSSR count). The molecule has 7 nitrogen and oxygen atoms in total. The second-order valence-electron chi connectivity index (χ2n) is 4.60. The molecule has 7 heteroatoms. The highest BCUT2D eigenvalue weighted by Crippen LogP contribution is 2.05. The van der Waals surface area contributed by atoms with E-state index in [0.29, 0.717) is 19.7 Å². The number of nitrogens with one attached hydrogen (secondary N) is 1. The summed E-state index contributed by atoms with van der Waals surface area (Å²) in [6, 6.07) is 1.53. The first-order valence-electron chi connectivity index (χ1n) is 6.74. The van der Waals surface area contributed by atoms with Crippen LogP contribution in [0.25, 0.3) is 0 Å². The van der Waals surface area contributed by atoms with Crippen molar-refractivity contribution < 1.29 is 9.84 Å². The fraction of sp³-hybridized carbons (Fsp3) is 0.692. The molecule has 0 radical (unpaired) electrons. The van der Waals surface area contributed by atoms with Gasteiger partial charge in [0.2, 0.25) is 0 Å². The summed E-state index contributed by atoms with van der Waals surface area (Å²) < 4.78 is 6.16. The zero-order valence-electron chi connectivity index (χ0n) is 12.4. The van der Waals surface area contributed by atoms with E-state index in [1.807, 2.05) is 18.9 Å². The van der Waals surface area contributed by atoms with Gasteiger partial charge in [-0.3, -0.25) is 4.79 Å². The topological polar surface area (TPSA) is 79.6 Å². The molecular weight excluding hydrogens is 260 g/mol. The van der Waals surface area contributed by atoms with Crippen molar-refractivity contribution in [2.24, 2.45) is 0 Å². The predicted molar refractivity (Wildman–Crippen MR) is 78.2 cm³/mol. The molecule has 1 heterocycles. The molecule has 0 spiro atoms. The fourth-order valence-corrected chi connectivity index (χ4v) is 1.66. The van der Waals surface area contributed by atoms with Crippen LogP contribution >= 0.6 is 0 Å². The molecule has 0 fully saturated rings. The van der Waals surface area contributed by atoms with Gasteiger partial charge in [-0.1, -0.05) is 0 Å². The lowest BCUT2D eigenvalue weighted by molar-refractivity contribution is 0.138. The highest BCUT2D eigenvalue weighted by molar-refractivity contribution is 5.41. The number of hydrogen-bond donors (Lipinski definition) is 2. The van der Waals surface area contributed by atoms with Gasteiger partial charge in [-0.15, -0.1) is 0 Å². The Bertz CT molecular complexity index is 449. The molecule has 1 aromatic rings. The van der Waals surface area contributed by atoms with Crippen LogP contribution in [0.1, 0.15) is 6.92 Å². The van der Waals surface area contributed by atoms with Crippen LogP contribution in [0.5, 0.6) is 0 Å². The second-order valence-corrected chi connectivity index (χ2v) is 4.60. The number of methoxy groups -OCH3 is 1. The maximum absolute atomic E-state index is 11.9. The lowest BCUT2D eigenvalue weighted by Crippen LogP contribution is -2.36. The van der Waals surface area contributed by atoms with Crippen molar-refractivity contribution in [3.8, 4) is 0 Å². The quantitative estimate of drug-likeness (QED) is 0.584. The van der Waals surface area contributed by atoms with Gasteiger partial charge in [0.15, 0.2) is 0 Å². The van der Waals surface area contributed by atoms with Crippen molar-refractivity contribution >= 4 is 5.69 Å². The minimum atomic E-state index is -0.660. The van der Waals surface area contributed by atoms with E-state index in [9.17, 15) is 9.90 Å². The maximum atomic E-state index is 11.9. The van der Waals surface area contributed by atoms with Gasteiger partial charge in [0, 0.05) is 39.9 Å². The Labute approximate surface area is 119 Å². The van der Waals surface area contributed by atoms with Gasteiger partial charge < -0.3 is 20.1 Å². The number of aliphatic hydroxyl groups excluding tert-OH is 1. The Morgan fingerprint density at radius 3 is 2.95 bits per heavy atom. The maximum Gasteiger partial charge on any atom is 0.268 e. The van der Waals surface area contributed by atoms with Crippen molar-refractivity contribution in [1.29, 1.82) is 0 Å². The number of nitrogens with zero attached hydrogens (tertiary/aromatic N) is 3. The number of anilines is 1. The Hall–Kier alpha value is -1.44. The van der Waals surface area contributed by atoms with E-state index in [-0.39, 0.29) is 12.1 Å². The van der Waals surface area contributed by atoms with Crippen LogP contribution in [-0.2, 0) is 11.3 Å². The highest BCUT2D eigenvalue weighted by Gasteiger charge is 2.08. The molecule has 1 unspecified atom stereocenters. The van der Waals surface area contributed by atoms with E-state index in [2.05, 4.69) is 10.4 Å². The summed E-state index contributed by atoms with van der Waals surface area (Å²) in [6.45, 7) is 4.63. The first kappa shape index (κ1) is 16.6. The predicted octanol–water partition coefficient (Wildman–Crippen LogP) is -0.704. The van der Waals surface area contributed by atoms with Gasteiger partial charge in [0.1, 0.15) is 0 Å². The van der Waals surface area contributed by atoms with E-state index in [0.717, 1.165) is 12.2 Å². The van der Waals surface area contributed by atoms with Gasteiger partial charge >= 0.3 is 0 Å². The monoisotopic (exact) mass is 284 g/mol. The fourth-order valence-electron chi connectivity index (χ4n) is 1.66. The Kier molecular flexibility index (Phi) is 7.21. The van der Waals surface area contributed by atoms with Crippen LogP contribution < -0.4 is 15.8 Å². The summed E-state index contributed by atoms with van der Waals surface area (Å²) in [4.78, 5) is 13.8. The van der Waals surface area contributed by atoms with E-state index in [4.69, 9.17) is 4.74 Å². The average Bonchev–Trinajstić information content (AvgIpc) is 2.45. The summed E-state index contributed by atoms with van der Waals surface area (Å²) in [5.74, 6) is 0. The molecule has 114 valence electrons. The summed E-state index contributed by atoms with van der Waals surface area (Å²) in [5, 5.41) is 17.0. The van der Waals surface area contributed by atoms with Crippen LogP contribution in [0.4, 0.5) is 5.69 Å². The van der Waals surface area contributed by atoms with Crippen LogP contribution in [0, 0.1) is 0 Å². The van der Waals surface area contributed by atoms with Gasteiger partial charge in [-0.05, 0) is 6.92 Å². The molecule has 0 aliphatic heterocycles. The van der Waals surface area contributed by atoms with Crippen molar-refractivity contribution in [3.63, 3.8) is 0 Å². The Morgan fingerprint density at radius 1 is 1.60 bits per heavy atom. The van der Waals surface area contributed by atoms with E-state index >= 15 is 0 Å².